The lowest BCUT2D eigenvalue weighted by Crippen LogP contribution is -1.99. The van der Waals surface area contributed by atoms with Crippen LogP contribution in [0.5, 0.6) is 0 Å². The number of hydrogen-bond donors (Lipinski definition) is 1. The van der Waals surface area contributed by atoms with Crippen molar-refractivity contribution in [3.8, 4) is 0 Å². The highest BCUT2D eigenvalue weighted by atomic mass is 32.2. The number of aliphatic carboxylic acids is 1. The lowest BCUT2D eigenvalue weighted by molar-refractivity contribution is -0.136. The monoisotopic (exact) mass is 273 g/mol. The molecular formula is C12H19NO2S2. The molecule has 1 N–H and O–H groups in total. The normalized spacial score (nSPS) is 11.1. The molecule has 0 atom stereocenters. The van der Waals surface area contributed by atoms with E-state index in [2.05, 4.69) is 18.8 Å². The minimum Gasteiger partial charge on any atom is -0.481 e. The molecule has 1 aromatic rings. The molecular weight excluding hydrogens is 254 g/mol. The maximum Gasteiger partial charge on any atom is 0.308 e. The first-order chi connectivity index (χ1) is 7.99. The molecule has 0 aliphatic carbocycles. The molecule has 5 heteroatoms. The first-order valence-corrected chi connectivity index (χ1v) is 7.60. The van der Waals surface area contributed by atoms with Crippen LogP contribution in [0.4, 0.5) is 0 Å². The Kier molecular flexibility index (Phi) is 5.98. The summed E-state index contributed by atoms with van der Waals surface area (Å²) in [5.74, 6) is 1.03. The van der Waals surface area contributed by atoms with Gasteiger partial charge in [0.1, 0.15) is 4.34 Å². The van der Waals surface area contributed by atoms with Gasteiger partial charge < -0.3 is 5.11 Å². The Balaban J connectivity index is 2.41. The van der Waals surface area contributed by atoms with Crippen molar-refractivity contribution in [3.63, 3.8) is 0 Å². The van der Waals surface area contributed by atoms with Crippen LogP contribution in [0.15, 0.2) is 4.34 Å². The lowest BCUT2D eigenvalue weighted by atomic mass is 10.1. The van der Waals surface area contributed by atoms with Crippen LogP contribution >= 0.6 is 23.1 Å². The number of aryl methyl sites for hydroxylation is 1. The van der Waals surface area contributed by atoms with E-state index in [0.29, 0.717) is 0 Å². The zero-order valence-electron chi connectivity index (χ0n) is 10.5. The van der Waals surface area contributed by atoms with Gasteiger partial charge in [0.25, 0.3) is 0 Å². The standard InChI is InChI=1S/C12H19NO2S2/c1-8(2)5-4-6-16-12-13-9(3)10(17-12)7-11(14)15/h8H,4-7H2,1-3H3,(H,14,15). The molecule has 0 aliphatic heterocycles. The molecule has 1 rings (SSSR count). The zero-order chi connectivity index (χ0) is 12.8. The summed E-state index contributed by atoms with van der Waals surface area (Å²) in [4.78, 5) is 15.9. The fourth-order valence-corrected chi connectivity index (χ4v) is 3.67. The van der Waals surface area contributed by atoms with Gasteiger partial charge in [0, 0.05) is 10.6 Å². The number of thiazole rings is 1. The van der Waals surface area contributed by atoms with Crippen molar-refractivity contribution in [3.05, 3.63) is 10.6 Å². The van der Waals surface area contributed by atoms with Crippen molar-refractivity contribution in [2.45, 2.75) is 44.4 Å². The van der Waals surface area contributed by atoms with E-state index in [1.165, 1.54) is 24.2 Å². The second-order valence-electron chi connectivity index (χ2n) is 4.44. The molecule has 1 heterocycles. The van der Waals surface area contributed by atoms with Crippen molar-refractivity contribution >= 4 is 29.1 Å². The van der Waals surface area contributed by atoms with Crippen molar-refractivity contribution in [1.82, 2.24) is 4.98 Å². The molecule has 0 bridgehead atoms. The van der Waals surface area contributed by atoms with Gasteiger partial charge in [-0.3, -0.25) is 4.79 Å². The number of carboxylic acid groups (broad SMARTS) is 1. The number of nitrogens with zero attached hydrogens (tertiary/aromatic N) is 1. The molecule has 0 fully saturated rings. The van der Waals surface area contributed by atoms with Crippen LogP contribution in [-0.2, 0) is 11.2 Å². The molecule has 0 saturated carbocycles. The predicted molar refractivity (Wildman–Crippen MR) is 73.0 cm³/mol. The van der Waals surface area contributed by atoms with Crippen LogP contribution in [0, 0.1) is 12.8 Å². The summed E-state index contributed by atoms with van der Waals surface area (Å²) in [6.45, 7) is 6.33. The average molecular weight is 273 g/mol. The first-order valence-electron chi connectivity index (χ1n) is 5.80. The average Bonchev–Trinajstić information content (AvgIpc) is 2.53. The fourth-order valence-electron chi connectivity index (χ4n) is 1.42. The SMILES string of the molecule is Cc1nc(SCCCC(C)C)sc1CC(=O)O. The number of carboxylic acids is 1. The van der Waals surface area contributed by atoms with Gasteiger partial charge in [0.2, 0.25) is 0 Å². The lowest BCUT2D eigenvalue weighted by Gasteiger charge is -2.01. The summed E-state index contributed by atoms with van der Waals surface area (Å²) >= 11 is 3.26. The van der Waals surface area contributed by atoms with E-state index in [1.54, 1.807) is 11.8 Å². The quantitative estimate of drug-likeness (QED) is 0.609. The molecule has 0 aromatic carbocycles. The number of thioether (sulfide) groups is 1. The Bertz CT molecular complexity index is 375. The van der Waals surface area contributed by atoms with Crippen LogP contribution < -0.4 is 0 Å². The van der Waals surface area contributed by atoms with E-state index in [-0.39, 0.29) is 6.42 Å². The largest absolute Gasteiger partial charge is 0.481 e. The number of hydrogen-bond acceptors (Lipinski definition) is 4. The fraction of sp³-hybridized carbons (Fsp3) is 0.667. The Morgan fingerprint density at radius 1 is 1.53 bits per heavy atom. The predicted octanol–water partition coefficient (Wildman–Crippen LogP) is 3.61. The van der Waals surface area contributed by atoms with Crippen LogP contribution in [0.2, 0.25) is 0 Å². The van der Waals surface area contributed by atoms with Gasteiger partial charge in [-0.25, -0.2) is 4.98 Å². The number of rotatable bonds is 7. The van der Waals surface area contributed by atoms with Gasteiger partial charge in [-0.2, -0.15) is 0 Å². The zero-order valence-corrected chi connectivity index (χ0v) is 12.2. The third-order valence-corrected chi connectivity index (χ3v) is 4.72. The molecule has 96 valence electrons. The van der Waals surface area contributed by atoms with Gasteiger partial charge >= 0.3 is 5.97 Å². The summed E-state index contributed by atoms with van der Waals surface area (Å²) in [6.07, 6.45) is 2.52. The summed E-state index contributed by atoms with van der Waals surface area (Å²) in [5, 5.41) is 8.75. The minimum atomic E-state index is -0.784. The van der Waals surface area contributed by atoms with Gasteiger partial charge in [-0.05, 0) is 19.3 Å². The Hall–Kier alpha value is -0.550. The van der Waals surface area contributed by atoms with Crippen LogP contribution in [0.1, 0.15) is 37.3 Å². The summed E-state index contributed by atoms with van der Waals surface area (Å²) in [6, 6.07) is 0. The molecule has 0 radical (unpaired) electrons. The molecule has 3 nitrogen and oxygen atoms in total. The minimum absolute atomic E-state index is 0.0933. The van der Waals surface area contributed by atoms with E-state index in [9.17, 15) is 4.79 Å². The van der Waals surface area contributed by atoms with E-state index < -0.39 is 5.97 Å². The van der Waals surface area contributed by atoms with Gasteiger partial charge in [0.15, 0.2) is 0 Å². The summed E-state index contributed by atoms with van der Waals surface area (Å²) in [5.41, 5.74) is 0.865. The van der Waals surface area contributed by atoms with Crippen LogP contribution in [0.25, 0.3) is 0 Å². The molecule has 0 unspecified atom stereocenters. The molecule has 17 heavy (non-hydrogen) atoms. The summed E-state index contributed by atoms with van der Waals surface area (Å²) in [7, 11) is 0. The molecule has 0 saturated heterocycles. The number of carbonyl (C=O) groups is 1. The van der Waals surface area contributed by atoms with Gasteiger partial charge in [-0.1, -0.05) is 32.0 Å². The number of aromatic nitrogens is 1. The Morgan fingerprint density at radius 3 is 2.82 bits per heavy atom. The maximum atomic E-state index is 10.6. The smallest absolute Gasteiger partial charge is 0.308 e. The van der Waals surface area contributed by atoms with Crippen molar-refractivity contribution in [1.29, 1.82) is 0 Å². The van der Waals surface area contributed by atoms with E-state index >= 15 is 0 Å². The molecule has 0 spiro atoms. The van der Waals surface area contributed by atoms with Crippen molar-refractivity contribution in [2.75, 3.05) is 5.75 Å². The maximum absolute atomic E-state index is 10.6. The third-order valence-electron chi connectivity index (χ3n) is 2.34. The van der Waals surface area contributed by atoms with E-state index in [4.69, 9.17) is 5.11 Å². The Morgan fingerprint density at radius 2 is 2.24 bits per heavy atom. The van der Waals surface area contributed by atoms with Crippen molar-refractivity contribution in [2.24, 2.45) is 5.92 Å². The highest BCUT2D eigenvalue weighted by molar-refractivity contribution is 8.01. The molecule has 0 aliphatic rings. The highest BCUT2D eigenvalue weighted by Gasteiger charge is 2.11. The third kappa shape index (κ3) is 5.55. The second-order valence-corrected chi connectivity index (χ2v) is 6.87. The van der Waals surface area contributed by atoms with Gasteiger partial charge in [-0.15, -0.1) is 11.3 Å². The van der Waals surface area contributed by atoms with Crippen LogP contribution in [0.3, 0.4) is 0 Å². The molecule has 1 aromatic heterocycles. The van der Waals surface area contributed by atoms with E-state index in [0.717, 1.165) is 26.6 Å². The first kappa shape index (κ1) is 14.5. The highest BCUT2D eigenvalue weighted by Crippen LogP contribution is 2.28. The van der Waals surface area contributed by atoms with Crippen molar-refractivity contribution < 1.29 is 9.90 Å². The van der Waals surface area contributed by atoms with E-state index in [1.807, 2.05) is 6.92 Å². The van der Waals surface area contributed by atoms with Crippen LogP contribution in [-0.4, -0.2) is 21.8 Å². The molecule has 0 amide bonds. The Labute approximate surface area is 111 Å². The summed E-state index contributed by atoms with van der Waals surface area (Å²) < 4.78 is 1.00. The topological polar surface area (TPSA) is 50.2 Å². The second kappa shape index (κ2) is 7.01. The van der Waals surface area contributed by atoms with Gasteiger partial charge in [0.05, 0.1) is 12.1 Å².